The topological polar surface area (TPSA) is 78.9 Å². The molecule has 0 aliphatic carbocycles. The van der Waals surface area contributed by atoms with Gasteiger partial charge in [-0.2, -0.15) is 0 Å². The first-order valence-corrected chi connectivity index (χ1v) is 35.3. The molecule has 6 heteroatoms. The Balaban J connectivity index is 4.08. The van der Waals surface area contributed by atoms with Gasteiger partial charge in [0.25, 0.3) is 0 Å². The molecule has 0 rings (SSSR count). The fourth-order valence-corrected chi connectivity index (χ4v) is 10.8. The van der Waals surface area contributed by atoms with Gasteiger partial charge in [-0.25, -0.2) is 0 Å². The van der Waals surface area contributed by atoms with Crippen LogP contribution < -0.4 is 0 Å². The Kier molecular flexibility index (Phi) is 65.6. The minimum atomic E-state index is -0.776. The molecule has 0 amide bonds. The summed E-state index contributed by atoms with van der Waals surface area (Å²) < 4.78 is 16.9. The highest BCUT2D eigenvalue weighted by Gasteiger charge is 2.19. The van der Waals surface area contributed by atoms with Gasteiger partial charge >= 0.3 is 17.9 Å². The SMILES string of the molecule is CCCCCC/C=C\CCCCCCCC(=O)OCC(COC(=O)CCCCCCCCCCCCCCCCCCCCCCCCCCCCCCCCCC)OC(=O)CCCCCCC/C=C\CCCCCCCC. The molecule has 6 nitrogen and oxygen atoms in total. The number of allylic oxidation sites excluding steroid dienone is 4. The van der Waals surface area contributed by atoms with Crippen LogP contribution in [0.3, 0.4) is 0 Å². The van der Waals surface area contributed by atoms with Gasteiger partial charge in [0, 0.05) is 19.3 Å². The van der Waals surface area contributed by atoms with E-state index in [1.165, 1.54) is 289 Å². The lowest BCUT2D eigenvalue weighted by atomic mass is 10.0. The number of ether oxygens (including phenoxy) is 3. The molecule has 0 fully saturated rings. The Labute approximate surface area is 487 Å². The Hall–Kier alpha value is -2.11. The molecule has 1 atom stereocenters. The number of hydrogen-bond acceptors (Lipinski definition) is 6. The Morgan fingerprint density at radius 3 is 0.654 bits per heavy atom. The van der Waals surface area contributed by atoms with Gasteiger partial charge in [0.1, 0.15) is 13.2 Å². The smallest absolute Gasteiger partial charge is 0.306 e. The van der Waals surface area contributed by atoms with Crippen LogP contribution in [-0.4, -0.2) is 37.2 Å². The lowest BCUT2D eigenvalue weighted by molar-refractivity contribution is -0.167. The summed E-state index contributed by atoms with van der Waals surface area (Å²) in [5, 5.41) is 0. The van der Waals surface area contributed by atoms with E-state index >= 15 is 0 Å². The molecule has 0 aromatic rings. The highest BCUT2D eigenvalue weighted by atomic mass is 16.6. The maximum atomic E-state index is 12.9. The van der Waals surface area contributed by atoms with Crippen LogP contribution in [0.25, 0.3) is 0 Å². The number of unbranched alkanes of at least 4 members (excludes halogenated alkanes) is 51. The molecule has 0 saturated carbocycles. The summed E-state index contributed by atoms with van der Waals surface area (Å²) >= 11 is 0. The summed E-state index contributed by atoms with van der Waals surface area (Å²) in [6.07, 6.45) is 82.3. The summed E-state index contributed by atoms with van der Waals surface area (Å²) in [6.45, 7) is 6.67. The fourth-order valence-electron chi connectivity index (χ4n) is 10.8. The zero-order valence-electron chi connectivity index (χ0n) is 53.0. The van der Waals surface area contributed by atoms with E-state index in [-0.39, 0.29) is 31.1 Å². The molecule has 0 aromatic heterocycles. The molecular formula is C72H136O6. The van der Waals surface area contributed by atoms with Crippen molar-refractivity contribution < 1.29 is 28.6 Å². The average Bonchev–Trinajstić information content (AvgIpc) is 3.44. The Morgan fingerprint density at radius 1 is 0.244 bits per heavy atom. The van der Waals surface area contributed by atoms with Crippen LogP contribution in [0.15, 0.2) is 24.3 Å². The van der Waals surface area contributed by atoms with Crippen LogP contribution >= 0.6 is 0 Å². The quantitative estimate of drug-likeness (QED) is 0.0261. The van der Waals surface area contributed by atoms with Gasteiger partial charge < -0.3 is 14.2 Å². The second-order valence-electron chi connectivity index (χ2n) is 24.1. The standard InChI is InChI=1S/C72H136O6/c1-4-7-10-13-16-19-22-25-27-28-29-30-31-32-33-34-35-36-37-38-39-40-41-42-43-45-47-50-53-56-59-62-65-71(74)77-68-69(67-76-70(73)64-61-58-55-52-49-46-24-21-18-15-12-9-6-3)78-72(75)66-63-60-57-54-51-48-44-26-23-20-17-14-11-8-5-2/h21,24,26,44,69H,4-20,22-23,25,27-43,45-68H2,1-3H3/b24-21-,44-26-. The molecule has 78 heavy (non-hydrogen) atoms. The number of carbonyl (C=O) groups excluding carboxylic acids is 3. The van der Waals surface area contributed by atoms with Crippen molar-refractivity contribution in [2.75, 3.05) is 13.2 Å². The predicted molar refractivity (Wildman–Crippen MR) is 340 cm³/mol. The van der Waals surface area contributed by atoms with Gasteiger partial charge in [0.2, 0.25) is 0 Å². The monoisotopic (exact) mass is 1100 g/mol. The second kappa shape index (κ2) is 67.4. The van der Waals surface area contributed by atoms with E-state index in [2.05, 4.69) is 45.1 Å². The molecule has 0 heterocycles. The van der Waals surface area contributed by atoms with Crippen LogP contribution in [0, 0.1) is 0 Å². The average molecular weight is 1100 g/mol. The van der Waals surface area contributed by atoms with Gasteiger partial charge in [0.15, 0.2) is 6.10 Å². The summed E-state index contributed by atoms with van der Waals surface area (Å²) in [7, 11) is 0. The molecule has 0 spiro atoms. The lowest BCUT2D eigenvalue weighted by Gasteiger charge is -2.18. The van der Waals surface area contributed by atoms with E-state index in [0.717, 1.165) is 70.6 Å². The first kappa shape index (κ1) is 75.9. The molecule has 1 unspecified atom stereocenters. The van der Waals surface area contributed by atoms with Crippen molar-refractivity contribution in [3.63, 3.8) is 0 Å². The zero-order valence-corrected chi connectivity index (χ0v) is 53.0. The summed E-state index contributed by atoms with van der Waals surface area (Å²) in [6, 6.07) is 0. The molecular weight excluding hydrogens is 961 g/mol. The largest absolute Gasteiger partial charge is 0.462 e. The van der Waals surface area contributed by atoms with Gasteiger partial charge in [-0.1, -0.05) is 334 Å². The minimum Gasteiger partial charge on any atom is -0.462 e. The third-order valence-corrected chi connectivity index (χ3v) is 16.2. The summed E-state index contributed by atoms with van der Waals surface area (Å²) in [5.41, 5.74) is 0. The molecule has 0 aromatic carbocycles. The maximum absolute atomic E-state index is 12.9. The Bertz CT molecular complexity index is 1260. The predicted octanol–water partition coefficient (Wildman–Crippen LogP) is 24.2. The number of hydrogen-bond donors (Lipinski definition) is 0. The van der Waals surface area contributed by atoms with Gasteiger partial charge in [-0.15, -0.1) is 0 Å². The number of carbonyl (C=O) groups is 3. The van der Waals surface area contributed by atoms with Crippen LogP contribution in [0.5, 0.6) is 0 Å². The zero-order chi connectivity index (χ0) is 56.4. The van der Waals surface area contributed by atoms with Crippen LogP contribution in [0.1, 0.15) is 400 Å². The molecule has 0 saturated heterocycles. The second-order valence-corrected chi connectivity index (χ2v) is 24.1. The van der Waals surface area contributed by atoms with E-state index in [0.29, 0.717) is 19.3 Å². The van der Waals surface area contributed by atoms with E-state index in [9.17, 15) is 14.4 Å². The number of esters is 3. The molecule has 0 aliphatic rings. The van der Waals surface area contributed by atoms with Crippen molar-refractivity contribution >= 4 is 17.9 Å². The van der Waals surface area contributed by atoms with Crippen molar-refractivity contribution in [2.24, 2.45) is 0 Å². The molecule has 0 aliphatic heterocycles. The first-order valence-electron chi connectivity index (χ1n) is 35.3. The van der Waals surface area contributed by atoms with Crippen molar-refractivity contribution in [2.45, 2.75) is 406 Å². The molecule has 0 radical (unpaired) electrons. The maximum Gasteiger partial charge on any atom is 0.306 e. The Morgan fingerprint density at radius 2 is 0.423 bits per heavy atom. The van der Waals surface area contributed by atoms with Gasteiger partial charge in [0.05, 0.1) is 0 Å². The fraction of sp³-hybridized carbons (Fsp3) is 0.903. The van der Waals surface area contributed by atoms with Crippen LogP contribution in [0.4, 0.5) is 0 Å². The number of rotatable bonds is 66. The third kappa shape index (κ3) is 64.7. The lowest BCUT2D eigenvalue weighted by Crippen LogP contribution is -2.30. The molecule has 0 N–H and O–H groups in total. The van der Waals surface area contributed by atoms with E-state index in [1.54, 1.807) is 0 Å². The van der Waals surface area contributed by atoms with E-state index in [1.807, 2.05) is 0 Å². The first-order chi connectivity index (χ1) is 38.5. The highest BCUT2D eigenvalue weighted by Crippen LogP contribution is 2.19. The van der Waals surface area contributed by atoms with Crippen LogP contribution in [-0.2, 0) is 28.6 Å². The highest BCUT2D eigenvalue weighted by molar-refractivity contribution is 5.71. The molecule has 460 valence electrons. The van der Waals surface area contributed by atoms with Crippen LogP contribution in [0.2, 0.25) is 0 Å². The van der Waals surface area contributed by atoms with Gasteiger partial charge in [-0.05, 0) is 70.6 Å². The van der Waals surface area contributed by atoms with Crippen molar-refractivity contribution in [3.05, 3.63) is 24.3 Å². The van der Waals surface area contributed by atoms with Crippen molar-refractivity contribution in [1.29, 1.82) is 0 Å². The normalized spacial score (nSPS) is 12.1. The molecule has 0 bridgehead atoms. The van der Waals surface area contributed by atoms with E-state index in [4.69, 9.17) is 14.2 Å². The van der Waals surface area contributed by atoms with Crippen molar-refractivity contribution in [1.82, 2.24) is 0 Å². The van der Waals surface area contributed by atoms with Crippen molar-refractivity contribution in [3.8, 4) is 0 Å². The minimum absolute atomic E-state index is 0.0724. The summed E-state index contributed by atoms with van der Waals surface area (Å²) in [4.78, 5) is 38.3. The third-order valence-electron chi connectivity index (χ3n) is 16.2. The van der Waals surface area contributed by atoms with E-state index < -0.39 is 6.10 Å². The summed E-state index contributed by atoms with van der Waals surface area (Å²) in [5.74, 6) is -0.864. The van der Waals surface area contributed by atoms with Gasteiger partial charge in [-0.3, -0.25) is 14.4 Å².